The molecule has 4 rings (SSSR count). The largest absolute Gasteiger partial charge is 0.493 e. The SMILES string of the molecule is COc1cc2c(cc1OC)C(c1ccccc1)N(C(=O)C=Cc1ccsc1)CC2. The van der Waals surface area contributed by atoms with Gasteiger partial charge in [0.1, 0.15) is 0 Å². The van der Waals surface area contributed by atoms with Gasteiger partial charge in [0.05, 0.1) is 20.3 Å². The molecule has 2 heterocycles. The van der Waals surface area contributed by atoms with Crippen LogP contribution in [0.5, 0.6) is 11.5 Å². The molecule has 2 aromatic carbocycles. The van der Waals surface area contributed by atoms with E-state index in [2.05, 4.69) is 12.1 Å². The van der Waals surface area contributed by atoms with E-state index in [9.17, 15) is 4.79 Å². The van der Waals surface area contributed by atoms with E-state index in [0.29, 0.717) is 12.3 Å². The van der Waals surface area contributed by atoms with Crippen molar-refractivity contribution in [3.05, 3.63) is 87.6 Å². The van der Waals surface area contributed by atoms with Crippen LogP contribution in [-0.2, 0) is 11.2 Å². The summed E-state index contributed by atoms with van der Waals surface area (Å²) >= 11 is 1.62. The molecular formula is C24H23NO3S. The molecule has 5 heteroatoms. The average Bonchev–Trinajstić information content (AvgIpc) is 3.30. The van der Waals surface area contributed by atoms with Crippen LogP contribution < -0.4 is 9.47 Å². The number of methoxy groups -OCH3 is 2. The molecule has 1 aliphatic rings. The van der Waals surface area contributed by atoms with Gasteiger partial charge < -0.3 is 14.4 Å². The van der Waals surface area contributed by atoms with Crippen LogP contribution in [0.4, 0.5) is 0 Å². The van der Waals surface area contributed by atoms with Crippen molar-refractivity contribution < 1.29 is 14.3 Å². The van der Waals surface area contributed by atoms with Crippen LogP contribution in [-0.4, -0.2) is 31.6 Å². The van der Waals surface area contributed by atoms with E-state index in [0.717, 1.165) is 28.9 Å². The van der Waals surface area contributed by atoms with Crippen LogP contribution in [0.25, 0.3) is 6.08 Å². The van der Waals surface area contributed by atoms with Crippen molar-refractivity contribution in [1.29, 1.82) is 0 Å². The lowest BCUT2D eigenvalue weighted by molar-refractivity contribution is -0.127. The third-order valence-electron chi connectivity index (χ3n) is 5.23. The maximum absolute atomic E-state index is 13.2. The molecule has 0 bridgehead atoms. The first-order valence-electron chi connectivity index (χ1n) is 9.52. The summed E-state index contributed by atoms with van der Waals surface area (Å²) in [5, 5.41) is 4.04. The molecule has 3 aromatic rings. The van der Waals surface area contributed by atoms with Crippen LogP contribution >= 0.6 is 11.3 Å². The van der Waals surface area contributed by atoms with Crippen LogP contribution in [0.15, 0.2) is 65.4 Å². The monoisotopic (exact) mass is 405 g/mol. The van der Waals surface area contributed by atoms with Gasteiger partial charge in [0, 0.05) is 12.6 Å². The molecule has 1 unspecified atom stereocenters. The Kier molecular flexibility index (Phi) is 5.67. The number of benzene rings is 2. The zero-order valence-corrected chi connectivity index (χ0v) is 17.3. The lowest BCUT2D eigenvalue weighted by Crippen LogP contribution is -2.39. The number of fused-ring (bicyclic) bond motifs is 1. The standard InChI is InChI=1S/C24H23NO3S/c1-27-21-14-19-10-12-25(23(26)9-8-17-11-13-29-16-17)24(18-6-4-3-5-7-18)20(19)15-22(21)28-2/h3-9,11,13-16,24H,10,12H2,1-2H3. The quantitative estimate of drug-likeness (QED) is 0.564. The van der Waals surface area contributed by atoms with Crippen molar-refractivity contribution in [3.8, 4) is 11.5 Å². The van der Waals surface area contributed by atoms with Gasteiger partial charge in [-0.1, -0.05) is 30.3 Å². The van der Waals surface area contributed by atoms with Gasteiger partial charge in [-0.05, 0) is 63.7 Å². The van der Waals surface area contributed by atoms with Gasteiger partial charge in [0.25, 0.3) is 0 Å². The molecule has 0 radical (unpaired) electrons. The zero-order valence-electron chi connectivity index (χ0n) is 16.5. The number of amides is 1. The number of carbonyl (C=O) groups excluding carboxylic acids is 1. The van der Waals surface area contributed by atoms with Gasteiger partial charge in [0.2, 0.25) is 5.91 Å². The van der Waals surface area contributed by atoms with Crippen molar-refractivity contribution >= 4 is 23.3 Å². The third kappa shape index (κ3) is 3.91. The Balaban J connectivity index is 1.76. The number of hydrogen-bond donors (Lipinski definition) is 0. The molecule has 0 fully saturated rings. The molecule has 1 amide bonds. The molecule has 1 aromatic heterocycles. The van der Waals surface area contributed by atoms with Crippen molar-refractivity contribution in [3.63, 3.8) is 0 Å². The van der Waals surface area contributed by atoms with Gasteiger partial charge in [-0.2, -0.15) is 11.3 Å². The van der Waals surface area contributed by atoms with Crippen LogP contribution in [0.1, 0.15) is 28.3 Å². The Bertz CT molecular complexity index is 1010. The molecule has 4 nitrogen and oxygen atoms in total. The van der Waals surface area contributed by atoms with Gasteiger partial charge in [0.15, 0.2) is 11.5 Å². The van der Waals surface area contributed by atoms with E-state index >= 15 is 0 Å². The summed E-state index contributed by atoms with van der Waals surface area (Å²) < 4.78 is 11.0. The van der Waals surface area contributed by atoms with Crippen LogP contribution in [0.2, 0.25) is 0 Å². The summed E-state index contributed by atoms with van der Waals surface area (Å²) in [6, 6.07) is 16.0. The minimum absolute atomic E-state index is 0.00508. The summed E-state index contributed by atoms with van der Waals surface area (Å²) in [5.41, 5.74) is 4.39. The fourth-order valence-electron chi connectivity index (χ4n) is 3.81. The Morgan fingerprint density at radius 3 is 2.55 bits per heavy atom. The highest BCUT2D eigenvalue weighted by Gasteiger charge is 2.32. The molecule has 1 atom stereocenters. The normalized spacial score (nSPS) is 15.9. The molecule has 0 aliphatic carbocycles. The minimum atomic E-state index is -0.167. The van der Waals surface area contributed by atoms with E-state index < -0.39 is 0 Å². The molecular weight excluding hydrogens is 382 g/mol. The van der Waals surface area contributed by atoms with Crippen LogP contribution in [0, 0.1) is 0 Å². The van der Waals surface area contributed by atoms with Gasteiger partial charge in [-0.3, -0.25) is 4.79 Å². The lowest BCUT2D eigenvalue weighted by atomic mass is 9.87. The summed E-state index contributed by atoms with van der Waals surface area (Å²) in [6.07, 6.45) is 4.33. The summed E-state index contributed by atoms with van der Waals surface area (Å²) in [7, 11) is 3.28. The highest BCUT2D eigenvalue weighted by molar-refractivity contribution is 7.08. The topological polar surface area (TPSA) is 38.8 Å². The minimum Gasteiger partial charge on any atom is -0.493 e. The first-order chi connectivity index (χ1) is 14.2. The van der Waals surface area contributed by atoms with E-state index in [1.807, 2.05) is 58.1 Å². The van der Waals surface area contributed by atoms with Gasteiger partial charge >= 0.3 is 0 Å². The average molecular weight is 406 g/mol. The number of rotatable bonds is 5. The predicted molar refractivity (Wildman–Crippen MR) is 117 cm³/mol. The van der Waals surface area contributed by atoms with Crippen LogP contribution in [0.3, 0.4) is 0 Å². The Morgan fingerprint density at radius 2 is 1.86 bits per heavy atom. The maximum atomic E-state index is 13.2. The molecule has 29 heavy (non-hydrogen) atoms. The molecule has 0 N–H and O–H groups in total. The number of ether oxygens (including phenoxy) is 2. The van der Waals surface area contributed by atoms with Gasteiger partial charge in [-0.15, -0.1) is 0 Å². The van der Waals surface area contributed by atoms with Crippen molar-refractivity contribution in [1.82, 2.24) is 4.90 Å². The van der Waals surface area contributed by atoms with Crippen molar-refractivity contribution in [2.24, 2.45) is 0 Å². The van der Waals surface area contributed by atoms with E-state index in [1.54, 1.807) is 31.6 Å². The van der Waals surface area contributed by atoms with Gasteiger partial charge in [-0.25, -0.2) is 0 Å². The maximum Gasteiger partial charge on any atom is 0.247 e. The van der Waals surface area contributed by atoms with Crippen molar-refractivity contribution in [2.45, 2.75) is 12.5 Å². The first kappa shape index (κ1) is 19.3. The fraction of sp³-hybridized carbons (Fsp3) is 0.208. The Hall–Kier alpha value is -3.05. The zero-order chi connectivity index (χ0) is 20.2. The molecule has 0 saturated carbocycles. The van der Waals surface area contributed by atoms with E-state index in [-0.39, 0.29) is 11.9 Å². The highest BCUT2D eigenvalue weighted by Crippen LogP contribution is 2.41. The Labute approximate surface area is 175 Å². The molecule has 0 spiro atoms. The second kappa shape index (κ2) is 8.53. The molecule has 148 valence electrons. The number of hydrogen-bond acceptors (Lipinski definition) is 4. The third-order valence-corrected chi connectivity index (χ3v) is 5.94. The second-order valence-electron chi connectivity index (χ2n) is 6.89. The smallest absolute Gasteiger partial charge is 0.247 e. The number of nitrogens with zero attached hydrogens (tertiary/aromatic N) is 1. The van der Waals surface area contributed by atoms with Crippen molar-refractivity contribution in [2.75, 3.05) is 20.8 Å². The summed E-state index contributed by atoms with van der Waals surface area (Å²) in [4.78, 5) is 15.1. The highest BCUT2D eigenvalue weighted by atomic mass is 32.1. The number of carbonyl (C=O) groups is 1. The van der Waals surface area contributed by atoms with E-state index in [1.165, 1.54) is 5.56 Å². The lowest BCUT2D eigenvalue weighted by Gasteiger charge is -2.37. The molecule has 0 saturated heterocycles. The van der Waals surface area contributed by atoms with E-state index in [4.69, 9.17) is 9.47 Å². The predicted octanol–water partition coefficient (Wildman–Crippen LogP) is 4.95. The summed E-state index contributed by atoms with van der Waals surface area (Å²) in [6.45, 7) is 0.648. The number of thiophene rings is 1. The molecule has 1 aliphatic heterocycles. The first-order valence-corrected chi connectivity index (χ1v) is 10.5. The second-order valence-corrected chi connectivity index (χ2v) is 7.67. The summed E-state index contributed by atoms with van der Waals surface area (Å²) in [5.74, 6) is 1.40. The fourth-order valence-corrected chi connectivity index (χ4v) is 4.44. The Morgan fingerprint density at radius 1 is 1.10 bits per heavy atom.